The van der Waals surface area contributed by atoms with Crippen molar-refractivity contribution in [3.8, 4) is 0 Å². The Labute approximate surface area is 132 Å². The number of thiophene rings is 1. The molecule has 1 aromatic heterocycles. The molecule has 0 aliphatic carbocycles. The van der Waals surface area contributed by atoms with Crippen LogP contribution in [0.3, 0.4) is 0 Å². The zero-order valence-corrected chi connectivity index (χ0v) is 13.5. The first-order valence-electron chi connectivity index (χ1n) is 6.50. The second-order valence-corrected chi connectivity index (χ2v) is 6.26. The molecule has 2 rings (SSSR count). The van der Waals surface area contributed by atoms with Gasteiger partial charge >= 0.3 is 0 Å². The highest BCUT2D eigenvalue weighted by Crippen LogP contribution is 2.36. The Hall–Kier alpha value is -0.810. The Bertz CT molecular complexity index is 612. The normalized spacial score (nSPS) is 10.9. The fourth-order valence-electron chi connectivity index (χ4n) is 1.83. The highest BCUT2D eigenvalue weighted by Gasteiger charge is 2.16. The molecule has 1 amide bonds. The lowest BCUT2D eigenvalue weighted by Gasteiger charge is -2.05. The van der Waals surface area contributed by atoms with Gasteiger partial charge in [0.25, 0.3) is 5.91 Å². The minimum absolute atomic E-state index is 0.134. The van der Waals surface area contributed by atoms with Gasteiger partial charge in [-0.1, -0.05) is 36.2 Å². The van der Waals surface area contributed by atoms with E-state index >= 15 is 0 Å². The van der Waals surface area contributed by atoms with Gasteiger partial charge in [-0.2, -0.15) is 0 Å². The van der Waals surface area contributed by atoms with Crippen LogP contribution in [0.2, 0.25) is 10.0 Å². The zero-order chi connectivity index (χ0) is 14.5. The number of amides is 1. The van der Waals surface area contributed by atoms with E-state index in [-0.39, 0.29) is 5.91 Å². The van der Waals surface area contributed by atoms with E-state index < -0.39 is 0 Å². The predicted molar refractivity (Wildman–Crippen MR) is 87.3 cm³/mol. The molecule has 0 fully saturated rings. The van der Waals surface area contributed by atoms with Crippen molar-refractivity contribution in [2.75, 3.05) is 19.6 Å². The summed E-state index contributed by atoms with van der Waals surface area (Å²) in [6.07, 6.45) is 1.08. The number of halogens is 2. The Kier molecular flexibility index (Phi) is 5.66. The first-order valence-corrected chi connectivity index (χ1v) is 8.07. The lowest BCUT2D eigenvalue weighted by Crippen LogP contribution is -2.31. The fourth-order valence-corrected chi connectivity index (χ4v) is 3.54. The van der Waals surface area contributed by atoms with Gasteiger partial charge in [0, 0.05) is 28.2 Å². The van der Waals surface area contributed by atoms with Crippen LogP contribution in [-0.2, 0) is 0 Å². The number of rotatable bonds is 6. The molecule has 0 bridgehead atoms. The summed E-state index contributed by atoms with van der Waals surface area (Å²) in [5.41, 5.74) is 0. The van der Waals surface area contributed by atoms with E-state index in [4.69, 9.17) is 23.2 Å². The van der Waals surface area contributed by atoms with Crippen molar-refractivity contribution in [3.05, 3.63) is 33.1 Å². The van der Waals surface area contributed by atoms with E-state index in [0.717, 1.165) is 29.6 Å². The summed E-state index contributed by atoms with van der Waals surface area (Å²) >= 11 is 13.6. The predicted octanol–water partition coefficient (Wildman–Crippen LogP) is 3.94. The second kappa shape index (κ2) is 7.27. The number of nitrogens with one attached hydrogen (secondary N) is 2. The van der Waals surface area contributed by atoms with Crippen LogP contribution < -0.4 is 10.6 Å². The molecule has 1 aromatic carbocycles. The molecular formula is C14H16Cl2N2OS. The average molecular weight is 331 g/mol. The first-order chi connectivity index (χ1) is 9.63. The summed E-state index contributed by atoms with van der Waals surface area (Å²) in [7, 11) is 0. The van der Waals surface area contributed by atoms with Crippen molar-refractivity contribution in [2.24, 2.45) is 0 Å². The van der Waals surface area contributed by atoms with E-state index in [0.29, 0.717) is 21.5 Å². The van der Waals surface area contributed by atoms with Gasteiger partial charge < -0.3 is 10.6 Å². The molecule has 2 aromatic rings. The lowest BCUT2D eigenvalue weighted by molar-refractivity contribution is 0.0958. The number of hydrogen-bond acceptors (Lipinski definition) is 3. The maximum absolute atomic E-state index is 12.1. The van der Waals surface area contributed by atoms with Crippen molar-refractivity contribution in [1.29, 1.82) is 0 Å². The molecule has 0 radical (unpaired) electrons. The lowest BCUT2D eigenvalue weighted by atomic mass is 10.2. The third kappa shape index (κ3) is 3.64. The van der Waals surface area contributed by atoms with Crippen LogP contribution in [0.4, 0.5) is 0 Å². The van der Waals surface area contributed by atoms with Crippen LogP contribution in [0.1, 0.15) is 23.0 Å². The van der Waals surface area contributed by atoms with E-state index in [1.54, 1.807) is 6.07 Å². The average Bonchev–Trinajstić information content (AvgIpc) is 2.75. The molecule has 20 heavy (non-hydrogen) atoms. The number of benzene rings is 1. The summed E-state index contributed by atoms with van der Waals surface area (Å²) in [4.78, 5) is 12.6. The van der Waals surface area contributed by atoms with Gasteiger partial charge in [0.05, 0.1) is 5.02 Å². The smallest absolute Gasteiger partial charge is 0.262 e. The molecule has 0 atom stereocenters. The van der Waals surface area contributed by atoms with Crippen molar-refractivity contribution in [3.63, 3.8) is 0 Å². The number of carbonyl (C=O) groups excluding carboxylic acids is 1. The Balaban J connectivity index is 2.04. The van der Waals surface area contributed by atoms with Gasteiger partial charge in [-0.3, -0.25) is 4.79 Å². The molecule has 0 saturated heterocycles. The van der Waals surface area contributed by atoms with Gasteiger partial charge in [0.2, 0.25) is 0 Å². The van der Waals surface area contributed by atoms with Crippen LogP contribution in [0, 0.1) is 0 Å². The monoisotopic (exact) mass is 330 g/mol. The fraction of sp³-hybridized carbons (Fsp3) is 0.357. The number of carbonyl (C=O) groups is 1. The van der Waals surface area contributed by atoms with Gasteiger partial charge in [-0.15, -0.1) is 11.3 Å². The molecule has 1 heterocycles. The third-order valence-corrected chi connectivity index (χ3v) is 4.70. The first kappa shape index (κ1) is 15.6. The molecule has 0 aliphatic heterocycles. The van der Waals surface area contributed by atoms with E-state index in [2.05, 4.69) is 17.6 Å². The largest absolute Gasteiger partial charge is 0.350 e. The summed E-state index contributed by atoms with van der Waals surface area (Å²) < 4.78 is 0.928. The topological polar surface area (TPSA) is 41.1 Å². The third-order valence-electron chi connectivity index (χ3n) is 2.81. The minimum Gasteiger partial charge on any atom is -0.350 e. The molecule has 2 N–H and O–H groups in total. The highest BCUT2D eigenvalue weighted by atomic mass is 35.5. The summed E-state index contributed by atoms with van der Waals surface area (Å²) in [5, 5.41) is 8.11. The quantitative estimate of drug-likeness (QED) is 0.787. The minimum atomic E-state index is -0.134. The molecular weight excluding hydrogens is 315 g/mol. The van der Waals surface area contributed by atoms with E-state index in [1.165, 1.54) is 11.3 Å². The van der Waals surface area contributed by atoms with Crippen molar-refractivity contribution < 1.29 is 4.79 Å². The SMILES string of the molecule is CCCNCCNC(=O)c1sc2cc(Cl)ccc2c1Cl. The molecule has 6 heteroatoms. The van der Waals surface area contributed by atoms with Gasteiger partial charge in [-0.05, 0) is 25.1 Å². The van der Waals surface area contributed by atoms with E-state index in [9.17, 15) is 4.79 Å². The molecule has 0 spiro atoms. The van der Waals surface area contributed by atoms with Gasteiger partial charge in [-0.25, -0.2) is 0 Å². The Morgan fingerprint density at radius 3 is 2.80 bits per heavy atom. The van der Waals surface area contributed by atoms with Crippen molar-refractivity contribution in [2.45, 2.75) is 13.3 Å². The number of fused-ring (bicyclic) bond motifs is 1. The van der Waals surface area contributed by atoms with Gasteiger partial charge in [0.15, 0.2) is 0 Å². The summed E-state index contributed by atoms with van der Waals surface area (Å²) in [6, 6.07) is 5.45. The van der Waals surface area contributed by atoms with Crippen molar-refractivity contribution in [1.82, 2.24) is 10.6 Å². The molecule has 0 unspecified atom stereocenters. The van der Waals surface area contributed by atoms with Crippen LogP contribution >= 0.6 is 34.5 Å². The van der Waals surface area contributed by atoms with Crippen LogP contribution in [0.15, 0.2) is 18.2 Å². The van der Waals surface area contributed by atoms with Crippen molar-refractivity contribution >= 4 is 50.5 Å². The highest BCUT2D eigenvalue weighted by molar-refractivity contribution is 7.21. The molecule has 0 saturated carbocycles. The Morgan fingerprint density at radius 1 is 1.25 bits per heavy atom. The Morgan fingerprint density at radius 2 is 2.05 bits per heavy atom. The summed E-state index contributed by atoms with van der Waals surface area (Å²) in [6.45, 7) is 4.41. The van der Waals surface area contributed by atoms with Crippen LogP contribution in [-0.4, -0.2) is 25.5 Å². The van der Waals surface area contributed by atoms with Gasteiger partial charge in [0.1, 0.15) is 4.88 Å². The molecule has 0 aliphatic rings. The summed E-state index contributed by atoms with van der Waals surface area (Å²) in [5.74, 6) is -0.134. The molecule has 108 valence electrons. The standard InChI is InChI=1S/C14H16Cl2N2OS/c1-2-5-17-6-7-18-14(19)13-12(16)10-4-3-9(15)8-11(10)20-13/h3-4,8,17H,2,5-7H2,1H3,(H,18,19). The number of hydrogen-bond donors (Lipinski definition) is 2. The molecule has 3 nitrogen and oxygen atoms in total. The van der Waals surface area contributed by atoms with Crippen LogP contribution in [0.25, 0.3) is 10.1 Å². The maximum atomic E-state index is 12.1. The van der Waals surface area contributed by atoms with E-state index in [1.807, 2.05) is 12.1 Å². The van der Waals surface area contributed by atoms with Crippen LogP contribution in [0.5, 0.6) is 0 Å². The maximum Gasteiger partial charge on any atom is 0.262 e. The zero-order valence-electron chi connectivity index (χ0n) is 11.1. The second-order valence-electron chi connectivity index (χ2n) is 4.39.